The number of amides is 1. The second-order valence-electron chi connectivity index (χ2n) is 5.09. The molecule has 0 aliphatic heterocycles. The SMILES string of the molecule is COc1c(C(=O)N(C)CC(C)(C)O)cccc1[N+](=O)[O-]. The zero-order valence-corrected chi connectivity index (χ0v) is 11.9. The van der Waals surface area contributed by atoms with Crippen molar-refractivity contribution in [1.29, 1.82) is 0 Å². The van der Waals surface area contributed by atoms with Crippen molar-refractivity contribution in [3.05, 3.63) is 33.9 Å². The van der Waals surface area contributed by atoms with Gasteiger partial charge in [0.2, 0.25) is 5.75 Å². The Kier molecular flexibility index (Phi) is 4.67. The van der Waals surface area contributed by atoms with Crippen LogP contribution in [-0.4, -0.2) is 47.1 Å². The lowest BCUT2D eigenvalue weighted by atomic mass is 10.1. The predicted molar refractivity (Wildman–Crippen MR) is 72.9 cm³/mol. The topological polar surface area (TPSA) is 92.9 Å². The Hall–Kier alpha value is -2.15. The lowest BCUT2D eigenvalue weighted by Gasteiger charge is -2.26. The number of benzene rings is 1. The summed E-state index contributed by atoms with van der Waals surface area (Å²) < 4.78 is 4.99. The first-order valence-corrected chi connectivity index (χ1v) is 5.96. The number of rotatable bonds is 5. The maximum atomic E-state index is 12.3. The third-order valence-electron chi connectivity index (χ3n) is 2.60. The Morgan fingerprint density at radius 2 is 2.10 bits per heavy atom. The van der Waals surface area contributed by atoms with Gasteiger partial charge in [-0.15, -0.1) is 0 Å². The molecule has 0 unspecified atom stereocenters. The van der Waals surface area contributed by atoms with Crippen LogP contribution in [-0.2, 0) is 0 Å². The fourth-order valence-corrected chi connectivity index (χ4v) is 1.91. The average molecular weight is 282 g/mol. The first kappa shape index (κ1) is 15.9. The van der Waals surface area contributed by atoms with Crippen molar-refractivity contribution in [2.45, 2.75) is 19.4 Å². The molecule has 0 atom stereocenters. The van der Waals surface area contributed by atoms with E-state index in [9.17, 15) is 20.0 Å². The highest BCUT2D eigenvalue weighted by molar-refractivity contribution is 5.98. The molecule has 0 heterocycles. The quantitative estimate of drug-likeness (QED) is 0.651. The standard InChI is InChI=1S/C13H18N2O5/c1-13(2,17)8-14(3)12(16)9-6-5-7-10(15(18)19)11(9)20-4/h5-7,17H,8H2,1-4H3. The summed E-state index contributed by atoms with van der Waals surface area (Å²) in [6.07, 6.45) is 0. The molecule has 1 aromatic carbocycles. The Labute approximate surface area is 116 Å². The first-order chi connectivity index (χ1) is 9.17. The molecule has 0 aromatic heterocycles. The number of aliphatic hydroxyl groups is 1. The molecule has 1 N–H and O–H groups in total. The third-order valence-corrected chi connectivity index (χ3v) is 2.60. The number of hydrogen-bond acceptors (Lipinski definition) is 5. The van der Waals surface area contributed by atoms with Gasteiger partial charge in [0, 0.05) is 19.7 Å². The molecule has 0 spiro atoms. The van der Waals surface area contributed by atoms with Crippen LogP contribution in [0.1, 0.15) is 24.2 Å². The van der Waals surface area contributed by atoms with Crippen molar-refractivity contribution in [3.8, 4) is 5.75 Å². The van der Waals surface area contributed by atoms with Gasteiger partial charge in [-0.1, -0.05) is 6.07 Å². The number of carbonyl (C=O) groups is 1. The lowest BCUT2D eigenvalue weighted by Crippen LogP contribution is -2.39. The molecule has 20 heavy (non-hydrogen) atoms. The fraction of sp³-hybridized carbons (Fsp3) is 0.462. The zero-order valence-electron chi connectivity index (χ0n) is 11.9. The van der Waals surface area contributed by atoms with Gasteiger partial charge >= 0.3 is 5.69 Å². The molecule has 0 aliphatic rings. The van der Waals surface area contributed by atoms with Gasteiger partial charge in [0.25, 0.3) is 5.91 Å². The molecule has 1 aromatic rings. The van der Waals surface area contributed by atoms with Gasteiger partial charge in [0.15, 0.2) is 0 Å². The van der Waals surface area contributed by atoms with Crippen LogP contribution >= 0.6 is 0 Å². The summed E-state index contributed by atoms with van der Waals surface area (Å²) in [4.78, 5) is 23.9. The zero-order chi connectivity index (χ0) is 15.5. The molecule has 110 valence electrons. The van der Waals surface area contributed by atoms with Crippen molar-refractivity contribution in [3.63, 3.8) is 0 Å². The van der Waals surface area contributed by atoms with Crippen LogP contribution in [0.3, 0.4) is 0 Å². The molecule has 1 rings (SSSR count). The Morgan fingerprint density at radius 3 is 2.55 bits per heavy atom. The van der Waals surface area contributed by atoms with E-state index in [-0.39, 0.29) is 23.5 Å². The van der Waals surface area contributed by atoms with Crippen LogP contribution in [0.25, 0.3) is 0 Å². The van der Waals surface area contributed by atoms with Crippen LogP contribution in [0.2, 0.25) is 0 Å². The van der Waals surface area contributed by atoms with E-state index in [1.54, 1.807) is 13.8 Å². The van der Waals surface area contributed by atoms with E-state index in [2.05, 4.69) is 0 Å². The Balaban J connectivity index is 3.16. The van der Waals surface area contributed by atoms with Gasteiger partial charge in [-0.25, -0.2) is 0 Å². The molecule has 0 bridgehead atoms. The van der Waals surface area contributed by atoms with Crippen LogP contribution in [0.4, 0.5) is 5.69 Å². The number of carbonyl (C=O) groups excluding carboxylic acids is 1. The van der Waals surface area contributed by atoms with Gasteiger partial charge in [-0.2, -0.15) is 0 Å². The summed E-state index contributed by atoms with van der Waals surface area (Å²) in [6, 6.07) is 4.15. The van der Waals surface area contributed by atoms with Gasteiger partial charge in [0.05, 0.1) is 23.2 Å². The predicted octanol–water partition coefficient (Wildman–Crippen LogP) is 1.45. The third kappa shape index (κ3) is 3.67. The minimum absolute atomic E-state index is 0.0786. The maximum absolute atomic E-state index is 12.3. The summed E-state index contributed by atoms with van der Waals surface area (Å²) in [5.74, 6) is -0.530. The van der Waals surface area contributed by atoms with Crippen molar-refractivity contribution in [2.24, 2.45) is 0 Å². The molecule has 0 fully saturated rings. The fourth-order valence-electron chi connectivity index (χ4n) is 1.91. The van der Waals surface area contributed by atoms with E-state index < -0.39 is 16.4 Å². The molecule has 0 aliphatic carbocycles. The average Bonchev–Trinajstić information content (AvgIpc) is 2.34. The number of nitrogens with zero attached hydrogens (tertiary/aromatic N) is 2. The van der Waals surface area contributed by atoms with Crippen LogP contribution < -0.4 is 4.74 Å². The van der Waals surface area contributed by atoms with Gasteiger partial charge in [-0.3, -0.25) is 14.9 Å². The van der Waals surface area contributed by atoms with E-state index in [4.69, 9.17) is 4.74 Å². The van der Waals surface area contributed by atoms with Crippen molar-refractivity contribution >= 4 is 11.6 Å². The number of hydrogen-bond donors (Lipinski definition) is 1. The van der Waals surface area contributed by atoms with E-state index in [0.29, 0.717) is 0 Å². The molecule has 7 nitrogen and oxygen atoms in total. The summed E-state index contributed by atoms with van der Waals surface area (Å²) in [5, 5.41) is 20.6. The highest BCUT2D eigenvalue weighted by atomic mass is 16.6. The van der Waals surface area contributed by atoms with E-state index in [1.165, 1.54) is 37.3 Å². The lowest BCUT2D eigenvalue weighted by molar-refractivity contribution is -0.385. The first-order valence-electron chi connectivity index (χ1n) is 5.96. The molecule has 1 amide bonds. The Morgan fingerprint density at radius 1 is 1.50 bits per heavy atom. The van der Waals surface area contributed by atoms with Gasteiger partial charge in [-0.05, 0) is 19.9 Å². The summed E-state index contributed by atoms with van der Waals surface area (Å²) >= 11 is 0. The van der Waals surface area contributed by atoms with Crippen molar-refractivity contribution in [2.75, 3.05) is 20.7 Å². The summed E-state index contributed by atoms with van der Waals surface area (Å²) in [6.45, 7) is 3.24. The monoisotopic (exact) mass is 282 g/mol. The molecular weight excluding hydrogens is 264 g/mol. The molecule has 7 heteroatoms. The maximum Gasteiger partial charge on any atom is 0.311 e. The molecule has 0 saturated carbocycles. The van der Waals surface area contributed by atoms with E-state index in [1.807, 2.05) is 0 Å². The minimum Gasteiger partial charge on any atom is -0.490 e. The number of ether oxygens (including phenoxy) is 1. The van der Waals surface area contributed by atoms with E-state index >= 15 is 0 Å². The van der Waals surface area contributed by atoms with Crippen LogP contribution in [0.15, 0.2) is 18.2 Å². The van der Waals surface area contributed by atoms with Crippen LogP contribution in [0, 0.1) is 10.1 Å². The molecule has 0 saturated heterocycles. The number of methoxy groups -OCH3 is 1. The van der Waals surface area contributed by atoms with E-state index in [0.717, 1.165) is 0 Å². The largest absolute Gasteiger partial charge is 0.490 e. The number of nitro groups is 1. The minimum atomic E-state index is -1.06. The normalized spacial score (nSPS) is 11.1. The summed E-state index contributed by atoms with van der Waals surface area (Å²) in [7, 11) is 2.79. The summed E-state index contributed by atoms with van der Waals surface area (Å²) in [5.41, 5.74) is -1.23. The number of nitro benzene ring substituents is 1. The van der Waals surface area contributed by atoms with Crippen LogP contribution in [0.5, 0.6) is 5.75 Å². The molecule has 0 radical (unpaired) electrons. The van der Waals surface area contributed by atoms with Gasteiger partial charge in [0.1, 0.15) is 0 Å². The number of para-hydroxylation sites is 1. The highest BCUT2D eigenvalue weighted by Crippen LogP contribution is 2.31. The van der Waals surface area contributed by atoms with Crippen molar-refractivity contribution < 1.29 is 19.6 Å². The van der Waals surface area contributed by atoms with Crippen molar-refractivity contribution in [1.82, 2.24) is 4.90 Å². The second-order valence-corrected chi connectivity index (χ2v) is 5.09. The Bertz CT molecular complexity index is 522. The number of likely N-dealkylation sites (N-methyl/N-ethyl adjacent to an activating group) is 1. The smallest absolute Gasteiger partial charge is 0.311 e. The highest BCUT2D eigenvalue weighted by Gasteiger charge is 2.26. The molecular formula is C13H18N2O5. The van der Waals surface area contributed by atoms with Gasteiger partial charge < -0.3 is 14.7 Å². The second kappa shape index (κ2) is 5.87.